The molecule has 0 spiro atoms. The summed E-state index contributed by atoms with van der Waals surface area (Å²) in [7, 11) is 0. The van der Waals surface area contributed by atoms with Gasteiger partial charge in [-0.3, -0.25) is 4.98 Å². The minimum Gasteiger partial charge on any atom is -0.373 e. The maximum Gasteiger partial charge on any atom is 0.130 e. The maximum atomic E-state index is 5.77. The number of rotatable bonds is 3. The molecule has 0 aromatic carbocycles. The minimum absolute atomic E-state index is 0.188. The molecule has 1 N–H and O–H groups in total. The van der Waals surface area contributed by atoms with Crippen molar-refractivity contribution in [2.75, 3.05) is 5.32 Å². The quantitative estimate of drug-likeness (QED) is 0.939. The highest BCUT2D eigenvalue weighted by molar-refractivity contribution is 5.58. The van der Waals surface area contributed by atoms with E-state index in [2.05, 4.69) is 34.1 Å². The molecule has 21 heavy (non-hydrogen) atoms. The van der Waals surface area contributed by atoms with E-state index in [0.29, 0.717) is 0 Å². The first-order valence-corrected chi connectivity index (χ1v) is 7.31. The van der Waals surface area contributed by atoms with E-state index in [1.807, 2.05) is 31.2 Å². The van der Waals surface area contributed by atoms with Crippen LogP contribution in [-0.2, 0) is 4.74 Å². The largest absolute Gasteiger partial charge is 0.373 e. The molecule has 2 aromatic heterocycles. The van der Waals surface area contributed by atoms with Gasteiger partial charge >= 0.3 is 0 Å². The van der Waals surface area contributed by atoms with Crippen LogP contribution < -0.4 is 5.32 Å². The summed E-state index contributed by atoms with van der Waals surface area (Å²) >= 11 is 0. The van der Waals surface area contributed by atoms with Crippen molar-refractivity contribution in [2.45, 2.75) is 45.4 Å². The summed E-state index contributed by atoms with van der Waals surface area (Å²) in [6.45, 7) is 6.09. The Kier molecular flexibility index (Phi) is 3.84. The van der Waals surface area contributed by atoms with Crippen LogP contribution >= 0.6 is 0 Å². The average molecular weight is 284 g/mol. The second-order valence-electron chi connectivity index (χ2n) is 5.54. The number of hydrogen-bond acceptors (Lipinski definition) is 5. The van der Waals surface area contributed by atoms with Crippen molar-refractivity contribution in [2.24, 2.45) is 0 Å². The van der Waals surface area contributed by atoms with E-state index >= 15 is 0 Å². The van der Waals surface area contributed by atoms with Gasteiger partial charge in [0.05, 0.1) is 29.6 Å². The first-order valence-electron chi connectivity index (χ1n) is 7.31. The lowest BCUT2D eigenvalue weighted by Gasteiger charge is -2.17. The van der Waals surface area contributed by atoms with Crippen molar-refractivity contribution in [3.8, 4) is 11.4 Å². The van der Waals surface area contributed by atoms with Gasteiger partial charge in [0.2, 0.25) is 0 Å². The molecule has 0 aliphatic carbocycles. The number of aromatic nitrogens is 3. The standard InChI is InChI=1S/C16H20N4O/c1-10-8-14(11(2)21-10)20-16-9-15(18-12(3)19-16)13-6-4-5-7-17-13/h4-7,9-11,14H,8H2,1-3H3,(H,18,19,20). The van der Waals surface area contributed by atoms with Crippen LogP contribution in [0.5, 0.6) is 0 Å². The highest BCUT2D eigenvalue weighted by Crippen LogP contribution is 2.24. The topological polar surface area (TPSA) is 59.9 Å². The van der Waals surface area contributed by atoms with E-state index in [4.69, 9.17) is 4.74 Å². The normalized spacial score (nSPS) is 25.0. The molecule has 2 aromatic rings. The SMILES string of the molecule is Cc1nc(NC2CC(C)OC2C)cc(-c2ccccn2)n1. The summed E-state index contributed by atoms with van der Waals surface area (Å²) in [5.41, 5.74) is 1.69. The molecule has 0 bridgehead atoms. The molecular weight excluding hydrogens is 264 g/mol. The first-order chi connectivity index (χ1) is 10.1. The molecule has 1 fully saturated rings. The van der Waals surface area contributed by atoms with E-state index in [0.717, 1.165) is 29.5 Å². The lowest BCUT2D eigenvalue weighted by molar-refractivity contribution is 0.0650. The molecular formula is C16H20N4O. The van der Waals surface area contributed by atoms with Gasteiger partial charge in [0.25, 0.3) is 0 Å². The van der Waals surface area contributed by atoms with Crippen molar-refractivity contribution >= 4 is 5.82 Å². The fourth-order valence-corrected chi connectivity index (χ4v) is 2.72. The van der Waals surface area contributed by atoms with Crippen LogP contribution in [-0.4, -0.2) is 33.2 Å². The third-order valence-electron chi connectivity index (χ3n) is 3.70. The summed E-state index contributed by atoms with van der Waals surface area (Å²) in [5, 5.41) is 3.47. The van der Waals surface area contributed by atoms with Gasteiger partial charge in [0.1, 0.15) is 11.6 Å². The van der Waals surface area contributed by atoms with Crippen molar-refractivity contribution < 1.29 is 4.74 Å². The number of anilines is 1. The molecule has 0 amide bonds. The molecule has 3 unspecified atom stereocenters. The molecule has 0 saturated carbocycles. The minimum atomic E-state index is 0.188. The van der Waals surface area contributed by atoms with Crippen molar-refractivity contribution in [3.05, 3.63) is 36.3 Å². The van der Waals surface area contributed by atoms with Crippen LogP contribution in [0.25, 0.3) is 11.4 Å². The predicted octanol–water partition coefficient (Wildman–Crippen LogP) is 2.82. The Labute approximate surface area is 124 Å². The third kappa shape index (κ3) is 3.19. The average Bonchev–Trinajstić information content (AvgIpc) is 2.77. The van der Waals surface area contributed by atoms with Gasteiger partial charge < -0.3 is 10.1 Å². The van der Waals surface area contributed by atoms with Crippen molar-refractivity contribution in [1.29, 1.82) is 0 Å². The monoisotopic (exact) mass is 284 g/mol. The van der Waals surface area contributed by atoms with Crippen LogP contribution in [0.2, 0.25) is 0 Å². The van der Waals surface area contributed by atoms with Gasteiger partial charge in [-0.2, -0.15) is 0 Å². The van der Waals surface area contributed by atoms with Crippen molar-refractivity contribution in [3.63, 3.8) is 0 Å². The Balaban J connectivity index is 1.85. The number of ether oxygens (including phenoxy) is 1. The predicted molar refractivity (Wildman–Crippen MR) is 82.0 cm³/mol. The van der Waals surface area contributed by atoms with E-state index in [9.17, 15) is 0 Å². The summed E-state index contributed by atoms with van der Waals surface area (Å²) in [4.78, 5) is 13.3. The lowest BCUT2D eigenvalue weighted by atomic mass is 10.1. The Hall–Kier alpha value is -2.01. The van der Waals surface area contributed by atoms with Crippen LogP contribution in [0.1, 0.15) is 26.1 Å². The number of nitrogens with zero attached hydrogens (tertiary/aromatic N) is 3. The zero-order chi connectivity index (χ0) is 14.8. The van der Waals surface area contributed by atoms with Crippen LogP contribution in [0.15, 0.2) is 30.5 Å². The molecule has 0 radical (unpaired) electrons. The van der Waals surface area contributed by atoms with Gasteiger partial charge in [0, 0.05) is 12.3 Å². The molecule has 1 aliphatic heterocycles. The number of pyridine rings is 1. The van der Waals surface area contributed by atoms with Crippen molar-refractivity contribution in [1.82, 2.24) is 15.0 Å². The molecule has 1 aliphatic rings. The summed E-state index contributed by atoms with van der Waals surface area (Å²) < 4.78 is 5.77. The summed E-state index contributed by atoms with van der Waals surface area (Å²) in [6.07, 6.45) is 3.24. The smallest absolute Gasteiger partial charge is 0.130 e. The highest BCUT2D eigenvalue weighted by atomic mass is 16.5. The number of hydrogen-bond donors (Lipinski definition) is 1. The first kappa shape index (κ1) is 13.9. The highest BCUT2D eigenvalue weighted by Gasteiger charge is 2.29. The van der Waals surface area contributed by atoms with Crippen LogP contribution in [0, 0.1) is 6.92 Å². The van der Waals surface area contributed by atoms with Gasteiger partial charge in [-0.1, -0.05) is 6.07 Å². The Morgan fingerprint density at radius 2 is 2.05 bits per heavy atom. The van der Waals surface area contributed by atoms with E-state index in [1.54, 1.807) is 6.20 Å². The van der Waals surface area contributed by atoms with E-state index < -0.39 is 0 Å². The molecule has 5 heteroatoms. The Morgan fingerprint density at radius 3 is 2.71 bits per heavy atom. The lowest BCUT2D eigenvalue weighted by Crippen LogP contribution is -2.27. The Bertz CT molecular complexity index is 617. The summed E-state index contributed by atoms with van der Waals surface area (Å²) in [5.74, 6) is 1.57. The second-order valence-corrected chi connectivity index (χ2v) is 5.54. The zero-order valence-corrected chi connectivity index (χ0v) is 12.6. The molecule has 1 saturated heterocycles. The zero-order valence-electron chi connectivity index (χ0n) is 12.6. The molecule has 110 valence electrons. The third-order valence-corrected chi connectivity index (χ3v) is 3.70. The van der Waals surface area contributed by atoms with E-state index in [-0.39, 0.29) is 18.2 Å². The molecule has 5 nitrogen and oxygen atoms in total. The van der Waals surface area contributed by atoms with E-state index in [1.165, 1.54) is 0 Å². The summed E-state index contributed by atoms with van der Waals surface area (Å²) in [6, 6.07) is 8.04. The van der Waals surface area contributed by atoms with Gasteiger partial charge in [-0.05, 0) is 39.3 Å². The molecule has 3 heterocycles. The van der Waals surface area contributed by atoms with Gasteiger partial charge in [-0.25, -0.2) is 9.97 Å². The number of nitrogens with one attached hydrogen (secondary N) is 1. The fraction of sp³-hybridized carbons (Fsp3) is 0.438. The van der Waals surface area contributed by atoms with Crippen LogP contribution in [0.4, 0.5) is 5.82 Å². The number of aryl methyl sites for hydroxylation is 1. The fourth-order valence-electron chi connectivity index (χ4n) is 2.72. The van der Waals surface area contributed by atoms with Gasteiger partial charge in [0.15, 0.2) is 0 Å². The van der Waals surface area contributed by atoms with Crippen LogP contribution in [0.3, 0.4) is 0 Å². The Morgan fingerprint density at radius 1 is 1.19 bits per heavy atom. The van der Waals surface area contributed by atoms with Gasteiger partial charge in [-0.15, -0.1) is 0 Å². The maximum absolute atomic E-state index is 5.77. The molecule has 3 rings (SSSR count). The molecule has 3 atom stereocenters. The second kappa shape index (κ2) is 5.77.